The van der Waals surface area contributed by atoms with Gasteiger partial charge in [-0.3, -0.25) is 4.79 Å². The van der Waals surface area contributed by atoms with Crippen LogP contribution in [0.3, 0.4) is 0 Å². The Hall–Kier alpha value is -3.87. The second-order valence-corrected chi connectivity index (χ2v) is 8.57. The highest BCUT2D eigenvalue weighted by molar-refractivity contribution is 6.04. The van der Waals surface area contributed by atoms with Crippen molar-refractivity contribution in [1.82, 2.24) is 9.88 Å². The number of H-pyrrole nitrogens is 1. The number of aromatic nitrogens is 1. The van der Waals surface area contributed by atoms with Gasteiger partial charge in [0, 0.05) is 23.1 Å². The first kappa shape index (κ1) is 19.8. The van der Waals surface area contributed by atoms with Crippen molar-refractivity contribution in [1.29, 1.82) is 0 Å². The fraction of sp³-hybridized carbons (Fsp3) is 0.192. The van der Waals surface area contributed by atoms with Gasteiger partial charge in [-0.1, -0.05) is 0 Å². The second-order valence-electron chi connectivity index (χ2n) is 8.57. The van der Waals surface area contributed by atoms with Gasteiger partial charge in [-0.25, -0.2) is 8.78 Å². The highest BCUT2D eigenvalue weighted by Crippen LogP contribution is 2.48. The van der Waals surface area contributed by atoms with Gasteiger partial charge >= 0.3 is 0 Å². The van der Waals surface area contributed by atoms with Crippen LogP contribution in [0.4, 0.5) is 20.2 Å². The zero-order valence-corrected chi connectivity index (χ0v) is 18.2. The van der Waals surface area contributed by atoms with E-state index >= 15 is 0 Å². The third-order valence-electron chi connectivity index (χ3n) is 6.56. The van der Waals surface area contributed by atoms with Crippen molar-refractivity contribution in [2.24, 2.45) is 0 Å². The average molecular weight is 445 g/mol. The molecule has 2 aliphatic heterocycles. The lowest BCUT2D eigenvalue weighted by molar-refractivity contribution is 0.0641. The predicted octanol–water partition coefficient (Wildman–Crippen LogP) is 5.61. The van der Waals surface area contributed by atoms with E-state index in [1.807, 2.05) is 36.1 Å². The lowest BCUT2D eigenvalue weighted by Crippen LogP contribution is -2.50. The summed E-state index contributed by atoms with van der Waals surface area (Å²) in [5.41, 5.74) is 5.10. The molecule has 1 N–H and O–H groups in total. The number of aryl methyl sites for hydroxylation is 1. The summed E-state index contributed by atoms with van der Waals surface area (Å²) in [6, 6.07) is 14.8. The normalized spacial score (nSPS) is 17.1. The second kappa shape index (κ2) is 7.07. The molecule has 1 amide bonds. The molecule has 3 aromatic carbocycles. The summed E-state index contributed by atoms with van der Waals surface area (Å²) in [5, 5.41) is 1.04. The van der Waals surface area contributed by atoms with E-state index in [1.54, 1.807) is 18.1 Å². The summed E-state index contributed by atoms with van der Waals surface area (Å²) in [5.74, 6) is -0.327. The summed E-state index contributed by atoms with van der Waals surface area (Å²) in [6.07, 6.45) is 0.129. The Morgan fingerprint density at radius 3 is 2.67 bits per heavy atom. The summed E-state index contributed by atoms with van der Waals surface area (Å²) in [7, 11) is 1.63. The highest BCUT2D eigenvalue weighted by atomic mass is 19.1. The molecule has 7 heteroatoms. The first-order valence-electron chi connectivity index (χ1n) is 10.8. The van der Waals surface area contributed by atoms with Gasteiger partial charge in [0.25, 0.3) is 5.91 Å². The summed E-state index contributed by atoms with van der Waals surface area (Å²) >= 11 is 0. The third kappa shape index (κ3) is 2.92. The lowest BCUT2D eigenvalue weighted by atomic mass is 9.94. The van der Waals surface area contributed by atoms with Crippen molar-refractivity contribution in [3.8, 4) is 5.75 Å². The standard InChI is InChI=1S/C26H21F2N3O2/c1-14-9-16(28)11-17(10-14)31-23-6-3-15(27)12-21(23)26(32)30-8-7-19-20-13-18(33-2)4-5-22(20)29-24(19)25(30)31/h3-6,9-13,25,29H,7-8H2,1-2H3. The molecule has 0 saturated carbocycles. The molecular weight excluding hydrogens is 424 g/mol. The van der Waals surface area contributed by atoms with E-state index in [4.69, 9.17) is 4.74 Å². The molecule has 4 aromatic rings. The SMILES string of the molecule is COc1ccc2[nH]c3c(c2c1)CCN1C(=O)c2cc(F)ccc2N(c2cc(C)cc(F)c2)C31. The van der Waals surface area contributed by atoms with Crippen LogP contribution in [0, 0.1) is 18.6 Å². The monoisotopic (exact) mass is 445 g/mol. The van der Waals surface area contributed by atoms with Crippen LogP contribution in [-0.4, -0.2) is 29.4 Å². The molecule has 1 aromatic heterocycles. The van der Waals surface area contributed by atoms with Gasteiger partial charge in [-0.05, 0) is 79.1 Å². The zero-order valence-electron chi connectivity index (χ0n) is 18.2. The summed E-state index contributed by atoms with van der Waals surface area (Å²) < 4.78 is 34.0. The van der Waals surface area contributed by atoms with E-state index in [-0.39, 0.29) is 17.3 Å². The maximum atomic E-state index is 14.5. The van der Waals surface area contributed by atoms with Crippen molar-refractivity contribution in [3.05, 3.63) is 88.6 Å². The van der Waals surface area contributed by atoms with Crippen molar-refractivity contribution >= 4 is 28.2 Å². The molecule has 0 bridgehead atoms. The zero-order chi connectivity index (χ0) is 22.9. The van der Waals surface area contributed by atoms with Gasteiger partial charge in [-0.2, -0.15) is 0 Å². The van der Waals surface area contributed by atoms with Crippen molar-refractivity contribution in [3.63, 3.8) is 0 Å². The molecule has 0 aliphatic carbocycles. The Kier molecular flexibility index (Phi) is 4.24. The lowest BCUT2D eigenvalue weighted by Gasteiger charge is -2.47. The predicted molar refractivity (Wildman–Crippen MR) is 122 cm³/mol. The number of benzene rings is 3. The Balaban J connectivity index is 1.63. The fourth-order valence-electron chi connectivity index (χ4n) is 5.17. The Bertz CT molecular complexity index is 1420. The van der Waals surface area contributed by atoms with E-state index in [0.717, 1.165) is 33.5 Å². The van der Waals surface area contributed by atoms with E-state index in [0.29, 0.717) is 24.3 Å². The van der Waals surface area contributed by atoms with E-state index < -0.39 is 12.0 Å². The number of aromatic amines is 1. The molecule has 0 radical (unpaired) electrons. The number of ether oxygens (including phenoxy) is 1. The maximum Gasteiger partial charge on any atom is 0.258 e. The van der Waals surface area contributed by atoms with Crippen LogP contribution in [0.25, 0.3) is 10.9 Å². The maximum absolute atomic E-state index is 14.5. The molecule has 6 rings (SSSR count). The van der Waals surface area contributed by atoms with Crippen molar-refractivity contribution < 1.29 is 18.3 Å². The van der Waals surface area contributed by atoms with Crippen LogP contribution in [0.1, 0.15) is 33.3 Å². The molecular formula is C26H21F2N3O2. The average Bonchev–Trinajstić information content (AvgIpc) is 3.17. The van der Waals surface area contributed by atoms with Gasteiger partial charge in [0.15, 0.2) is 6.17 Å². The first-order valence-corrected chi connectivity index (χ1v) is 10.8. The molecule has 1 atom stereocenters. The molecule has 0 saturated heterocycles. The van der Waals surface area contributed by atoms with E-state index in [9.17, 15) is 13.6 Å². The van der Waals surface area contributed by atoms with Gasteiger partial charge in [0.1, 0.15) is 17.4 Å². The van der Waals surface area contributed by atoms with Crippen LogP contribution < -0.4 is 9.64 Å². The van der Waals surface area contributed by atoms with Crippen LogP contribution in [0.2, 0.25) is 0 Å². The molecule has 2 aliphatic rings. The third-order valence-corrected chi connectivity index (χ3v) is 6.56. The highest BCUT2D eigenvalue weighted by Gasteiger charge is 2.44. The number of carbonyl (C=O) groups is 1. The molecule has 0 spiro atoms. The number of anilines is 2. The number of rotatable bonds is 2. The van der Waals surface area contributed by atoms with Crippen LogP contribution in [0.15, 0.2) is 54.6 Å². The van der Waals surface area contributed by atoms with Gasteiger partial charge in [0.05, 0.1) is 24.1 Å². The minimum Gasteiger partial charge on any atom is -0.497 e. The molecule has 5 nitrogen and oxygen atoms in total. The molecule has 166 valence electrons. The summed E-state index contributed by atoms with van der Waals surface area (Å²) in [4.78, 5) is 20.6. The minimum atomic E-state index is -0.515. The molecule has 3 heterocycles. The quantitative estimate of drug-likeness (QED) is 0.436. The van der Waals surface area contributed by atoms with Gasteiger partial charge in [0.2, 0.25) is 0 Å². The smallest absolute Gasteiger partial charge is 0.258 e. The van der Waals surface area contributed by atoms with Crippen molar-refractivity contribution in [2.45, 2.75) is 19.5 Å². The number of nitrogens with zero attached hydrogens (tertiary/aromatic N) is 2. The van der Waals surface area contributed by atoms with Crippen LogP contribution >= 0.6 is 0 Å². The number of fused-ring (bicyclic) bond motifs is 6. The fourth-order valence-corrected chi connectivity index (χ4v) is 5.17. The topological polar surface area (TPSA) is 48.6 Å². The summed E-state index contributed by atoms with van der Waals surface area (Å²) in [6.45, 7) is 2.29. The number of hydrogen-bond donors (Lipinski definition) is 1. The van der Waals surface area contributed by atoms with E-state index in [2.05, 4.69) is 4.98 Å². The number of carbonyl (C=O) groups excluding carboxylic acids is 1. The van der Waals surface area contributed by atoms with E-state index in [1.165, 1.54) is 24.3 Å². The first-order chi connectivity index (χ1) is 15.9. The number of hydrogen-bond acceptors (Lipinski definition) is 3. The minimum absolute atomic E-state index is 0.235. The number of amides is 1. The molecule has 1 unspecified atom stereocenters. The Labute approximate surface area is 189 Å². The van der Waals surface area contributed by atoms with Crippen LogP contribution in [-0.2, 0) is 6.42 Å². The Morgan fingerprint density at radius 1 is 1.03 bits per heavy atom. The van der Waals surface area contributed by atoms with Crippen molar-refractivity contribution in [2.75, 3.05) is 18.6 Å². The number of halogens is 2. The number of nitrogens with one attached hydrogen (secondary N) is 1. The largest absolute Gasteiger partial charge is 0.497 e. The van der Waals surface area contributed by atoms with Gasteiger partial charge < -0.3 is 19.5 Å². The van der Waals surface area contributed by atoms with Crippen LogP contribution in [0.5, 0.6) is 5.75 Å². The number of methoxy groups -OCH3 is 1. The molecule has 33 heavy (non-hydrogen) atoms. The molecule has 0 fully saturated rings. The Morgan fingerprint density at radius 2 is 1.88 bits per heavy atom. The van der Waals surface area contributed by atoms with Gasteiger partial charge in [-0.15, -0.1) is 0 Å².